The maximum absolute atomic E-state index is 11.7. The van der Waals surface area contributed by atoms with Gasteiger partial charge in [-0.15, -0.1) is 0 Å². The minimum atomic E-state index is -3.41. The number of hydrogen-bond acceptors (Lipinski definition) is 3. The topological polar surface area (TPSA) is 50.3 Å². The number of hydrogen-bond donors (Lipinski definition) is 0. The highest BCUT2D eigenvalue weighted by molar-refractivity contribution is 7.89. The lowest BCUT2D eigenvalue weighted by molar-refractivity contribution is 0.519. The molecule has 0 spiro atoms. The summed E-state index contributed by atoms with van der Waals surface area (Å²) in [6.45, 7) is 1.68. The van der Waals surface area contributed by atoms with E-state index in [-0.39, 0.29) is 4.90 Å². The zero-order valence-corrected chi connectivity index (χ0v) is 9.72. The number of aromatic nitrogens is 1. The molecule has 0 unspecified atom stereocenters. The molecule has 0 saturated heterocycles. The van der Waals surface area contributed by atoms with Gasteiger partial charge in [-0.25, -0.2) is 17.7 Å². The maximum atomic E-state index is 11.7. The summed E-state index contributed by atoms with van der Waals surface area (Å²) in [6.07, 6.45) is 1.27. The first kappa shape index (κ1) is 11.4. The van der Waals surface area contributed by atoms with Crippen molar-refractivity contribution in [3.8, 4) is 0 Å². The highest BCUT2D eigenvalue weighted by atomic mass is 35.5. The molecule has 6 heteroatoms. The third-order valence-electron chi connectivity index (χ3n) is 1.79. The molecule has 0 bridgehead atoms. The van der Waals surface area contributed by atoms with E-state index in [2.05, 4.69) is 4.98 Å². The number of rotatable bonds is 2. The lowest BCUT2D eigenvalue weighted by Crippen LogP contribution is -2.23. The SMILES string of the molecule is Cc1cc(Cl)ncc1S(=O)(=O)N(C)C. The van der Waals surface area contributed by atoms with Gasteiger partial charge in [0.1, 0.15) is 10.0 Å². The molecule has 78 valence electrons. The maximum Gasteiger partial charge on any atom is 0.244 e. The second kappa shape index (κ2) is 3.84. The van der Waals surface area contributed by atoms with Crippen LogP contribution in [-0.2, 0) is 10.0 Å². The average molecular weight is 235 g/mol. The van der Waals surface area contributed by atoms with E-state index < -0.39 is 10.0 Å². The fraction of sp³-hybridized carbons (Fsp3) is 0.375. The second-order valence-corrected chi connectivity index (χ2v) is 5.57. The van der Waals surface area contributed by atoms with Gasteiger partial charge in [0.25, 0.3) is 0 Å². The molecule has 0 atom stereocenters. The summed E-state index contributed by atoms with van der Waals surface area (Å²) in [4.78, 5) is 3.94. The van der Waals surface area contributed by atoms with E-state index in [0.29, 0.717) is 10.7 Å². The van der Waals surface area contributed by atoms with Crippen molar-refractivity contribution < 1.29 is 8.42 Å². The van der Waals surface area contributed by atoms with Crippen molar-refractivity contribution in [2.24, 2.45) is 0 Å². The first-order valence-electron chi connectivity index (χ1n) is 3.90. The van der Waals surface area contributed by atoms with Crippen LogP contribution in [0, 0.1) is 6.92 Å². The number of aryl methyl sites for hydroxylation is 1. The minimum Gasteiger partial charge on any atom is -0.243 e. The molecule has 0 aliphatic rings. The van der Waals surface area contributed by atoms with Crippen LogP contribution < -0.4 is 0 Å². The van der Waals surface area contributed by atoms with Gasteiger partial charge < -0.3 is 0 Å². The molecule has 0 aliphatic carbocycles. The van der Waals surface area contributed by atoms with E-state index in [1.165, 1.54) is 26.4 Å². The van der Waals surface area contributed by atoms with E-state index in [0.717, 1.165) is 4.31 Å². The monoisotopic (exact) mass is 234 g/mol. The molecule has 0 saturated carbocycles. The normalized spacial score (nSPS) is 12.1. The molecule has 4 nitrogen and oxygen atoms in total. The smallest absolute Gasteiger partial charge is 0.243 e. The number of pyridine rings is 1. The predicted molar refractivity (Wildman–Crippen MR) is 54.9 cm³/mol. The Morgan fingerprint density at radius 1 is 1.43 bits per heavy atom. The Balaban J connectivity index is 3.35. The molecule has 0 aromatic carbocycles. The Morgan fingerprint density at radius 3 is 2.43 bits per heavy atom. The molecule has 14 heavy (non-hydrogen) atoms. The average Bonchev–Trinajstić information content (AvgIpc) is 2.02. The van der Waals surface area contributed by atoms with Crippen LogP contribution in [0.25, 0.3) is 0 Å². The third kappa shape index (κ3) is 2.05. The van der Waals surface area contributed by atoms with Crippen molar-refractivity contribution >= 4 is 21.6 Å². The fourth-order valence-corrected chi connectivity index (χ4v) is 2.23. The lowest BCUT2D eigenvalue weighted by Gasteiger charge is -2.12. The summed E-state index contributed by atoms with van der Waals surface area (Å²) in [7, 11) is -0.461. The van der Waals surface area contributed by atoms with Crippen molar-refractivity contribution in [2.45, 2.75) is 11.8 Å². The fourth-order valence-electron chi connectivity index (χ4n) is 0.976. The molecule has 1 aromatic heterocycles. The van der Waals surface area contributed by atoms with Crippen molar-refractivity contribution in [1.29, 1.82) is 0 Å². The van der Waals surface area contributed by atoms with E-state index in [4.69, 9.17) is 11.6 Å². The molecule has 1 heterocycles. The van der Waals surface area contributed by atoms with Crippen LogP contribution in [0.4, 0.5) is 0 Å². The Kier molecular flexibility index (Phi) is 3.14. The number of sulfonamides is 1. The van der Waals surface area contributed by atoms with Gasteiger partial charge in [-0.1, -0.05) is 11.6 Å². The first-order chi connectivity index (χ1) is 6.35. The van der Waals surface area contributed by atoms with Crippen molar-refractivity contribution in [3.63, 3.8) is 0 Å². The molecular weight excluding hydrogens is 224 g/mol. The number of halogens is 1. The Labute approximate surface area is 88.6 Å². The van der Waals surface area contributed by atoms with Gasteiger partial charge in [-0.3, -0.25) is 0 Å². The van der Waals surface area contributed by atoms with Gasteiger partial charge in [0.2, 0.25) is 10.0 Å². The summed E-state index contributed by atoms with van der Waals surface area (Å²) >= 11 is 5.63. The molecule has 0 radical (unpaired) electrons. The van der Waals surface area contributed by atoms with Gasteiger partial charge in [-0.05, 0) is 18.6 Å². The molecule has 1 rings (SSSR count). The van der Waals surface area contributed by atoms with Gasteiger partial charge >= 0.3 is 0 Å². The minimum absolute atomic E-state index is 0.187. The standard InChI is InChI=1S/C8H11ClN2O2S/c1-6-4-8(9)10-5-7(6)14(12,13)11(2)3/h4-5H,1-3H3. The molecule has 1 aromatic rings. The predicted octanol–water partition coefficient (Wildman–Crippen LogP) is 1.29. The number of nitrogens with zero attached hydrogens (tertiary/aromatic N) is 2. The molecule has 0 aliphatic heterocycles. The largest absolute Gasteiger partial charge is 0.244 e. The summed E-state index contributed by atoms with van der Waals surface area (Å²) in [5, 5.41) is 0.292. The van der Waals surface area contributed by atoms with Crippen LogP contribution >= 0.6 is 11.6 Å². The van der Waals surface area contributed by atoms with E-state index >= 15 is 0 Å². The van der Waals surface area contributed by atoms with Crippen LogP contribution in [0.3, 0.4) is 0 Å². The van der Waals surface area contributed by atoms with Crippen molar-refractivity contribution in [3.05, 3.63) is 23.0 Å². The molecule has 0 fully saturated rings. The van der Waals surface area contributed by atoms with Crippen molar-refractivity contribution in [1.82, 2.24) is 9.29 Å². The summed E-state index contributed by atoms with van der Waals surface area (Å²) in [5.41, 5.74) is 0.596. The van der Waals surface area contributed by atoms with Gasteiger partial charge in [0.15, 0.2) is 0 Å². The quantitative estimate of drug-likeness (QED) is 0.725. The summed E-state index contributed by atoms with van der Waals surface area (Å²) in [6, 6.07) is 1.53. The van der Waals surface area contributed by atoms with E-state index in [9.17, 15) is 8.42 Å². The van der Waals surface area contributed by atoms with Crippen molar-refractivity contribution in [2.75, 3.05) is 14.1 Å². The highest BCUT2D eigenvalue weighted by Crippen LogP contribution is 2.19. The van der Waals surface area contributed by atoms with Crippen LogP contribution in [0.5, 0.6) is 0 Å². The Hall–Kier alpha value is -0.650. The van der Waals surface area contributed by atoms with Crippen LogP contribution in [0.15, 0.2) is 17.2 Å². The van der Waals surface area contributed by atoms with Crippen LogP contribution in [0.1, 0.15) is 5.56 Å². The van der Waals surface area contributed by atoms with E-state index in [1.807, 2.05) is 0 Å². The van der Waals surface area contributed by atoms with Gasteiger partial charge in [-0.2, -0.15) is 0 Å². The Bertz CT molecular complexity index is 443. The lowest BCUT2D eigenvalue weighted by atomic mass is 10.3. The first-order valence-corrected chi connectivity index (χ1v) is 5.72. The van der Waals surface area contributed by atoms with Gasteiger partial charge in [0, 0.05) is 20.3 Å². The third-order valence-corrected chi connectivity index (χ3v) is 3.94. The van der Waals surface area contributed by atoms with Crippen LogP contribution in [-0.4, -0.2) is 31.8 Å². The molecule has 0 amide bonds. The van der Waals surface area contributed by atoms with Gasteiger partial charge in [0.05, 0.1) is 0 Å². The highest BCUT2D eigenvalue weighted by Gasteiger charge is 2.19. The van der Waals surface area contributed by atoms with Crippen LogP contribution in [0.2, 0.25) is 5.15 Å². The second-order valence-electron chi connectivity index (χ2n) is 3.06. The molecule has 0 N–H and O–H groups in total. The Morgan fingerprint density at radius 2 is 2.00 bits per heavy atom. The summed E-state index contributed by atoms with van der Waals surface area (Å²) < 4.78 is 24.6. The van der Waals surface area contributed by atoms with E-state index in [1.54, 1.807) is 6.92 Å². The zero-order valence-electron chi connectivity index (χ0n) is 8.15. The summed E-state index contributed by atoms with van der Waals surface area (Å²) in [5.74, 6) is 0. The molecular formula is C8H11ClN2O2S. The zero-order chi connectivity index (χ0) is 10.9.